The van der Waals surface area contributed by atoms with Crippen LogP contribution in [-0.2, 0) is 0 Å². The summed E-state index contributed by atoms with van der Waals surface area (Å²) in [4.78, 5) is 11.3. The summed E-state index contributed by atoms with van der Waals surface area (Å²) in [6, 6.07) is 9.38. The SMILES string of the molecule is CC(C)C(=O)c1ccccc1.[Na]. The molecule has 12 heavy (non-hydrogen) atoms. The molecule has 0 heterocycles. The fraction of sp³-hybridized carbons (Fsp3) is 0.300. The minimum atomic E-state index is 0. The van der Waals surface area contributed by atoms with Crippen LogP contribution in [0.2, 0.25) is 0 Å². The molecule has 0 bridgehead atoms. The average Bonchev–Trinajstić information content (AvgIpc) is 2.05. The van der Waals surface area contributed by atoms with Gasteiger partial charge in [0.2, 0.25) is 0 Å². The van der Waals surface area contributed by atoms with Gasteiger partial charge in [-0.05, 0) is 0 Å². The van der Waals surface area contributed by atoms with Crippen LogP contribution in [0.3, 0.4) is 0 Å². The van der Waals surface area contributed by atoms with Crippen molar-refractivity contribution >= 4 is 35.3 Å². The monoisotopic (exact) mass is 171 g/mol. The second-order valence-electron chi connectivity index (χ2n) is 2.88. The number of carbonyl (C=O) groups excluding carboxylic acids is 1. The zero-order valence-electron chi connectivity index (χ0n) is 7.87. The minimum Gasteiger partial charge on any atom is -0.294 e. The summed E-state index contributed by atoms with van der Waals surface area (Å²) in [6.07, 6.45) is 0. The van der Waals surface area contributed by atoms with Gasteiger partial charge in [0.15, 0.2) is 5.78 Å². The molecule has 0 fully saturated rings. The zero-order chi connectivity index (χ0) is 8.27. The van der Waals surface area contributed by atoms with Crippen molar-refractivity contribution in [2.24, 2.45) is 5.92 Å². The molecule has 0 aromatic heterocycles. The summed E-state index contributed by atoms with van der Waals surface area (Å²) in [6.45, 7) is 3.82. The Balaban J connectivity index is 0.00000121. The van der Waals surface area contributed by atoms with Gasteiger partial charge in [-0.15, -0.1) is 0 Å². The Kier molecular flexibility index (Phi) is 5.47. The van der Waals surface area contributed by atoms with Crippen LogP contribution in [0, 0.1) is 5.92 Å². The van der Waals surface area contributed by atoms with Crippen LogP contribution >= 0.6 is 0 Å². The van der Waals surface area contributed by atoms with E-state index in [0.717, 1.165) is 5.56 Å². The number of benzene rings is 1. The first kappa shape index (κ1) is 11.9. The summed E-state index contributed by atoms with van der Waals surface area (Å²) < 4.78 is 0. The van der Waals surface area contributed by atoms with Crippen LogP contribution < -0.4 is 0 Å². The maximum Gasteiger partial charge on any atom is 0.165 e. The van der Waals surface area contributed by atoms with Crippen molar-refractivity contribution in [3.05, 3.63) is 35.9 Å². The van der Waals surface area contributed by atoms with Gasteiger partial charge in [-0.1, -0.05) is 44.2 Å². The molecule has 1 rings (SSSR count). The van der Waals surface area contributed by atoms with Crippen LogP contribution in [-0.4, -0.2) is 35.3 Å². The van der Waals surface area contributed by atoms with Crippen LogP contribution in [0.5, 0.6) is 0 Å². The van der Waals surface area contributed by atoms with Gasteiger partial charge in [0.25, 0.3) is 0 Å². The van der Waals surface area contributed by atoms with E-state index in [1.807, 2.05) is 44.2 Å². The topological polar surface area (TPSA) is 17.1 Å². The summed E-state index contributed by atoms with van der Waals surface area (Å²) in [7, 11) is 0. The van der Waals surface area contributed by atoms with Crippen LogP contribution in [0.1, 0.15) is 24.2 Å². The Morgan fingerprint density at radius 3 is 2.08 bits per heavy atom. The van der Waals surface area contributed by atoms with E-state index < -0.39 is 0 Å². The summed E-state index contributed by atoms with van der Waals surface area (Å²) in [5.41, 5.74) is 0.808. The van der Waals surface area contributed by atoms with Crippen molar-refractivity contribution in [3.63, 3.8) is 0 Å². The third-order valence-electron chi connectivity index (χ3n) is 1.58. The Labute approximate surface area is 95.5 Å². The maximum absolute atomic E-state index is 11.3. The standard InChI is InChI=1S/C10H12O.Na/c1-8(2)10(11)9-6-4-3-5-7-9;/h3-8H,1-2H3;. The number of hydrogen-bond acceptors (Lipinski definition) is 1. The quantitative estimate of drug-likeness (QED) is 0.492. The molecule has 0 aliphatic heterocycles. The Hall–Kier alpha value is -0.110. The van der Waals surface area contributed by atoms with Crippen molar-refractivity contribution in [1.29, 1.82) is 0 Å². The van der Waals surface area contributed by atoms with Gasteiger partial charge >= 0.3 is 0 Å². The molecule has 59 valence electrons. The molecule has 0 N–H and O–H groups in total. The molecule has 2 heteroatoms. The number of hydrogen-bond donors (Lipinski definition) is 0. The third-order valence-corrected chi connectivity index (χ3v) is 1.58. The van der Waals surface area contributed by atoms with Crippen LogP contribution in [0.15, 0.2) is 30.3 Å². The third kappa shape index (κ3) is 3.10. The van der Waals surface area contributed by atoms with Crippen LogP contribution in [0.25, 0.3) is 0 Å². The first-order valence-corrected chi connectivity index (χ1v) is 3.81. The van der Waals surface area contributed by atoms with Crippen molar-refractivity contribution in [1.82, 2.24) is 0 Å². The predicted octanol–water partition coefficient (Wildman–Crippen LogP) is 2.14. The summed E-state index contributed by atoms with van der Waals surface area (Å²) in [5, 5.41) is 0. The Morgan fingerprint density at radius 2 is 1.67 bits per heavy atom. The smallest absolute Gasteiger partial charge is 0.165 e. The van der Waals surface area contributed by atoms with Gasteiger partial charge in [-0.2, -0.15) is 0 Å². The van der Waals surface area contributed by atoms with Crippen molar-refractivity contribution < 1.29 is 4.79 Å². The van der Waals surface area contributed by atoms with Crippen molar-refractivity contribution in [2.45, 2.75) is 13.8 Å². The van der Waals surface area contributed by atoms with E-state index >= 15 is 0 Å². The fourth-order valence-corrected chi connectivity index (χ4v) is 0.936. The first-order chi connectivity index (χ1) is 5.22. The fourth-order valence-electron chi connectivity index (χ4n) is 0.936. The molecule has 0 saturated heterocycles. The number of rotatable bonds is 2. The molecule has 0 aliphatic rings. The molecule has 1 radical (unpaired) electrons. The van der Waals surface area contributed by atoms with E-state index in [2.05, 4.69) is 0 Å². The minimum absolute atomic E-state index is 0. The largest absolute Gasteiger partial charge is 0.294 e. The summed E-state index contributed by atoms with van der Waals surface area (Å²) in [5.74, 6) is 0.308. The molecule has 0 amide bonds. The van der Waals surface area contributed by atoms with E-state index in [-0.39, 0.29) is 41.3 Å². The maximum atomic E-state index is 11.3. The molecular formula is C10H12NaO. The van der Waals surface area contributed by atoms with Gasteiger partial charge in [0, 0.05) is 41.0 Å². The molecule has 0 atom stereocenters. The van der Waals surface area contributed by atoms with Gasteiger partial charge in [0.1, 0.15) is 0 Å². The Bertz CT molecular complexity index is 241. The second-order valence-corrected chi connectivity index (χ2v) is 2.88. The van der Waals surface area contributed by atoms with E-state index in [1.54, 1.807) is 0 Å². The number of Topliss-reactive ketones (excluding diaryl/α,β-unsaturated/α-hetero) is 1. The second kappa shape index (κ2) is 5.52. The predicted molar refractivity (Wildman–Crippen MR) is 51.4 cm³/mol. The van der Waals surface area contributed by atoms with Gasteiger partial charge in [-0.3, -0.25) is 4.79 Å². The van der Waals surface area contributed by atoms with E-state index in [0.29, 0.717) is 0 Å². The van der Waals surface area contributed by atoms with Crippen molar-refractivity contribution in [3.8, 4) is 0 Å². The molecule has 0 aliphatic carbocycles. The van der Waals surface area contributed by atoms with Crippen LogP contribution in [0.4, 0.5) is 0 Å². The van der Waals surface area contributed by atoms with Crippen molar-refractivity contribution in [2.75, 3.05) is 0 Å². The number of ketones is 1. The normalized spacial score (nSPS) is 9.25. The average molecular weight is 171 g/mol. The van der Waals surface area contributed by atoms with Gasteiger partial charge in [0.05, 0.1) is 0 Å². The van der Waals surface area contributed by atoms with Gasteiger partial charge < -0.3 is 0 Å². The molecule has 0 saturated carbocycles. The first-order valence-electron chi connectivity index (χ1n) is 3.81. The van der Waals surface area contributed by atoms with E-state index in [9.17, 15) is 4.79 Å². The van der Waals surface area contributed by atoms with E-state index in [1.165, 1.54) is 0 Å². The molecular weight excluding hydrogens is 159 g/mol. The molecule has 1 nitrogen and oxygen atoms in total. The molecule has 0 unspecified atom stereocenters. The zero-order valence-corrected chi connectivity index (χ0v) is 9.87. The van der Waals surface area contributed by atoms with Gasteiger partial charge in [-0.25, -0.2) is 0 Å². The summed E-state index contributed by atoms with van der Waals surface area (Å²) >= 11 is 0. The van der Waals surface area contributed by atoms with E-state index in [4.69, 9.17) is 0 Å². The molecule has 1 aromatic rings. The number of carbonyl (C=O) groups is 1. The Morgan fingerprint density at radius 1 is 1.17 bits per heavy atom. The molecule has 1 aromatic carbocycles. The molecule has 0 spiro atoms.